The maximum absolute atomic E-state index is 12.6. The predicted molar refractivity (Wildman–Crippen MR) is 102 cm³/mol. The van der Waals surface area contributed by atoms with Crippen molar-refractivity contribution in [3.63, 3.8) is 0 Å². The standard InChI is InChI=1S/C19H23N3O3S/c1-3-25-18(24)14-8-10-22(11-9-14)17(23)16-12-26-19(21-16)20-15-6-4-13(2)5-7-15/h4-7,12,14H,3,8-11H2,1-2H3,(H,20,21). The number of rotatable bonds is 5. The molecule has 1 aliphatic heterocycles. The Morgan fingerprint density at radius 1 is 1.27 bits per heavy atom. The Balaban J connectivity index is 1.57. The van der Waals surface area contributed by atoms with Crippen LogP contribution in [0.4, 0.5) is 10.8 Å². The monoisotopic (exact) mass is 373 g/mol. The van der Waals surface area contributed by atoms with Gasteiger partial charge < -0.3 is 15.0 Å². The Hall–Kier alpha value is -2.41. The van der Waals surface area contributed by atoms with E-state index in [0.29, 0.717) is 43.4 Å². The molecule has 0 spiro atoms. The molecule has 0 aliphatic carbocycles. The zero-order chi connectivity index (χ0) is 18.5. The molecular weight excluding hydrogens is 350 g/mol. The summed E-state index contributed by atoms with van der Waals surface area (Å²) in [5.74, 6) is -0.341. The first-order valence-corrected chi connectivity index (χ1v) is 9.70. The number of aryl methyl sites for hydroxylation is 1. The third-order valence-electron chi connectivity index (χ3n) is 4.43. The van der Waals surface area contributed by atoms with Crippen LogP contribution in [0, 0.1) is 12.8 Å². The molecule has 1 fully saturated rings. The Morgan fingerprint density at radius 3 is 2.62 bits per heavy atom. The number of benzene rings is 1. The van der Waals surface area contributed by atoms with Crippen molar-refractivity contribution < 1.29 is 14.3 Å². The van der Waals surface area contributed by atoms with Crippen molar-refractivity contribution in [2.75, 3.05) is 25.0 Å². The summed E-state index contributed by atoms with van der Waals surface area (Å²) in [6.07, 6.45) is 1.28. The topological polar surface area (TPSA) is 71.5 Å². The summed E-state index contributed by atoms with van der Waals surface area (Å²) in [5, 5.41) is 5.69. The van der Waals surface area contributed by atoms with Gasteiger partial charge in [0, 0.05) is 24.2 Å². The number of aromatic nitrogens is 1. The number of carbonyl (C=O) groups is 2. The zero-order valence-electron chi connectivity index (χ0n) is 15.0. The molecule has 2 aromatic rings. The zero-order valence-corrected chi connectivity index (χ0v) is 15.8. The minimum Gasteiger partial charge on any atom is -0.466 e. The predicted octanol–water partition coefficient (Wildman–Crippen LogP) is 3.61. The molecule has 0 radical (unpaired) electrons. The fourth-order valence-electron chi connectivity index (χ4n) is 2.93. The van der Waals surface area contributed by atoms with Crippen molar-refractivity contribution in [3.05, 3.63) is 40.9 Å². The highest BCUT2D eigenvalue weighted by Gasteiger charge is 2.29. The van der Waals surface area contributed by atoms with Crippen LogP contribution in [0.3, 0.4) is 0 Å². The van der Waals surface area contributed by atoms with Crippen LogP contribution in [0.1, 0.15) is 35.8 Å². The minimum atomic E-state index is -0.155. The van der Waals surface area contributed by atoms with E-state index in [1.54, 1.807) is 17.2 Å². The quantitative estimate of drug-likeness (QED) is 0.811. The van der Waals surface area contributed by atoms with Gasteiger partial charge in [-0.05, 0) is 38.8 Å². The molecular formula is C19H23N3O3S. The van der Waals surface area contributed by atoms with E-state index >= 15 is 0 Å². The third-order valence-corrected chi connectivity index (χ3v) is 5.19. The first-order valence-electron chi connectivity index (χ1n) is 8.82. The van der Waals surface area contributed by atoms with Gasteiger partial charge in [0.05, 0.1) is 12.5 Å². The molecule has 6 nitrogen and oxygen atoms in total. The van der Waals surface area contributed by atoms with Crippen molar-refractivity contribution in [1.82, 2.24) is 9.88 Å². The summed E-state index contributed by atoms with van der Waals surface area (Å²) in [4.78, 5) is 30.6. The second kappa shape index (κ2) is 8.31. The van der Waals surface area contributed by atoms with Crippen LogP contribution in [0.2, 0.25) is 0 Å². The molecule has 1 aromatic carbocycles. The molecule has 0 saturated carbocycles. The Kier molecular flexibility index (Phi) is 5.88. The Morgan fingerprint density at radius 2 is 1.96 bits per heavy atom. The summed E-state index contributed by atoms with van der Waals surface area (Å²) in [6.45, 7) is 5.35. The molecule has 1 N–H and O–H groups in total. The van der Waals surface area contributed by atoms with Crippen LogP contribution >= 0.6 is 11.3 Å². The van der Waals surface area contributed by atoms with E-state index < -0.39 is 0 Å². The molecule has 26 heavy (non-hydrogen) atoms. The highest BCUT2D eigenvalue weighted by molar-refractivity contribution is 7.14. The van der Waals surface area contributed by atoms with E-state index in [1.165, 1.54) is 16.9 Å². The lowest BCUT2D eigenvalue weighted by molar-refractivity contribution is -0.149. The molecule has 3 rings (SSSR count). The lowest BCUT2D eigenvalue weighted by Gasteiger charge is -2.30. The van der Waals surface area contributed by atoms with Crippen LogP contribution < -0.4 is 5.32 Å². The van der Waals surface area contributed by atoms with Gasteiger partial charge in [-0.2, -0.15) is 0 Å². The van der Waals surface area contributed by atoms with Gasteiger partial charge in [0.25, 0.3) is 5.91 Å². The number of ether oxygens (including phenoxy) is 1. The molecule has 0 atom stereocenters. The van der Waals surface area contributed by atoms with Gasteiger partial charge >= 0.3 is 5.97 Å². The number of carbonyl (C=O) groups excluding carboxylic acids is 2. The normalized spacial score (nSPS) is 14.9. The number of nitrogens with one attached hydrogen (secondary N) is 1. The highest BCUT2D eigenvalue weighted by atomic mass is 32.1. The number of nitrogens with zero attached hydrogens (tertiary/aromatic N) is 2. The molecule has 1 aliphatic rings. The largest absolute Gasteiger partial charge is 0.466 e. The van der Waals surface area contributed by atoms with Gasteiger partial charge in [0.2, 0.25) is 0 Å². The summed E-state index contributed by atoms with van der Waals surface area (Å²) in [6, 6.07) is 8.02. The van der Waals surface area contributed by atoms with Crippen molar-refractivity contribution in [3.8, 4) is 0 Å². The maximum Gasteiger partial charge on any atom is 0.309 e. The lowest BCUT2D eigenvalue weighted by atomic mass is 9.97. The van der Waals surface area contributed by atoms with Gasteiger partial charge in [-0.1, -0.05) is 17.7 Å². The van der Waals surface area contributed by atoms with Crippen molar-refractivity contribution in [1.29, 1.82) is 0 Å². The fraction of sp³-hybridized carbons (Fsp3) is 0.421. The van der Waals surface area contributed by atoms with E-state index in [1.807, 2.05) is 31.2 Å². The molecule has 1 saturated heterocycles. The van der Waals surface area contributed by atoms with Crippen molar-refractivity contribution in [2.45, 2.75) is 26.7 Å². The first-order chi connectivity index (χ1) is 12.6. The lowest BCUT2D eigenvalue weighted by Crippen LogP contribution is -2.40. The van der Waals surface area contributed by atoms with Crippen molar-refractivity contribution >= 4 is 34.0 Å². The van der Waals surface area contributed by atoms with Crippen LogP contribution in [-0.4, -0.2) is 41.5 Å². The molecule has 1 aromatic heterocycles. The van der Waals surface area contributed by atoms with E-state index in [0.717, 1.165) is 5.69 Å². The van der Waals surface area contributed by atoms with E-state index in [2.05, 4.69) is 10.3 Å². The molecule has 0 bridgehead atoms. The van der Waals surface area contributed by atoms with Gasteiger partial charge in [-0.25, -0.2) is 4.98 Å². The molecule has 0 unspecified atom stereocenters. The second-order valence-electron chi connectivity index (χ2n) is 6.35. The number of hydrogen-bond donors (Lipinski definition) is 1. The van der Waals surface area contributed by atoms with E-state index in [-0.39, 0.29) is 17.8 Å². The number of piperidine rings is 1. The number of hydrogen-bond acceptors (Lipinski definition) is 6. The number of likely N-dealkylation sites (tertiary alicyclic amines) is 1. The molecule has 7 heteroatoms. The van der Waals surface area contributed by atoms with Crippen LogP contribution in [-0.2, 0) is 9.53 Å². The molecule has 1 amide bonds. The molecule has 2 heterocycles. The fourth-order valence-corrected chi connectivity index (χ4v) is 3.63. The minimum absolute atomic E-state index is 0.0829. The van der Waals surface area contributed by atoms with Gasteiger partial charge in [-0.15, -0.1) is 11.3 Å². The number of amides is 1. The van der Waals surface area contributed by atoms with E-state index in [9.17, 15) is 9.59 Å². The van der Waals surface area contributed by atoms with Gasteiger partial charge in [0.1, 0.15) is 5.69 Å². The number of thiazole rings is 1. The Bertz CT molecular complexity index is 765. The SMILES string of the molecule is CCOC(=O)C1CCN(C(=O)c2csc(Nc3ccc(C)cc3)n2)CC1. The van der Waals surface area contributed by atoms with Crippen LogP contribution in [0.5, 0.6) is 0 Å². The van der Waals surface area contributed by atoms with Gasteiger partial charge in [0.15, 0.2) is 5.13 Å². The van der Waals surface area contributed by atoms with Crippen molar-refractivity contribution in [2.24, 2.45) is 5.92 Å². The summed E-state index contributed by atoms with van der Waals surface area (Å²) in [5.41, 5.74) is 2.58. The average Bonchev–Trinajstić information content (AvgIpc) is 3.12. The summed E-state index contributed by atoms with van der Waals surface area (Å²) in [7, 11) is 0. The van der Waals surface area contributed by atoms with E-state index in [4.69, 9.17) is 4.74 Å². The first kappa shape index (κ1) is 18.4. The summed E-state index contributed by atoms with van der Waals surface area (Å²) < 4.78 is 5.07. The number of esters is 1. The summed E-state index contributed by atoms with van der Waals surface area (Å²) >= 11 is 1.41. The average molecular weight is 373 g/mol. The molecule has 138 valence electrons. The van der Waals surface area contributed by atoms with Crippen LogP contribution in [0.25, 0.3) is 0 Å². The maximum atomic E-state index is 12.6. The third kappa shape index (κ3) is 4.40. The van der Waals surface area contributed by atoms with Crippen LogP contribution in [0.15, 0.2) is 29.6 Å². The number of anilines is 2. The highest BCUT2D eigenvalue weighted by Crippen LogP contribution is 2.24. The second-order valence-corrected chi connectivity index (χ2v) is 7.21. The smallest absolute Gasteiger partial charge is 0.309 e. The Labute approximate surface area is 157 Å². The van der Waals surface area contributed by atoms with Gasteiger partial charge in [-0.3, -0.25) is 9.59 Å².